The van der Waals surface area contributed by atoms with Gasteiger partial charge >= 0.3 is 0 Å². The molecule has 0 radical (unpaired) electrons. The van der Waals surface area contributed by atoms with Crippen LogP contribution in [0.4, 0.5) is 0 Å². The Labute approximate surface area is 134 Å². The molecule has 1 amide bonds. The highest BCUT2D eigenvalue weighted by Crippen LogP contribution is 2.28. The Morgan fingerprint density at radius 2 is 2.14 bits per heavy atom. The molecule has 1 saturated carbocycles. The Hall–Kier alpha value is -1.07. The van der Waals surface area contributed by atoms with E-state index in [1.807, 2.05) is 19.1 Å². The Kier molecular flexibility index (Phi) is 5.65. The predicted molar refractivity (Wildman–Crippen MR) is 87.3 cm³/mol. The van der Waals surface area contributed by atoms with Crippen molar-refractivity contribution in [2.24, 2.45) is 5.73 Å². The number of carbonyl (C=O) groups is 1. The van der Waals surface area contributed by atoms with Gasteiger partial charge in [-0.1, -0.05) is 28.8 Å². The summed E-state index contributed by atoms with van der Waals surface area (Å²) >= 11 is 3.45. The smallest absolute Gasteiger partial charge is 0.260 e. The van der Waals surface area contributed by atoms with Crippen molar-refractivity contribution in [3.05, 3.63) is 27.7 Å². The minimum atomic E-state index is -0.518. The molecular formula is C16H23BrN2O2. The van der Waals surface area contributed by atoms with Crippen molar-refractivity contribution < 1.29 is 9.53 Å². The first-order chi connectivity index (χ1) is 10.0. The van der Waals surface area contributed by atoms with Crippen LogP contribution in [0.3, 0.4) is 0 Å². The Bertz CT molecular complexity index is 513. The van der Waals surface area contributed by atoms with Gasteiger partial charge in [-0.3, -0.25) is 4.79 Å². The van der Waals surface area contributed by atoms with Gasteiger partial charge in [0.05, 0.1) is 0 Å². The quantitative estimate of drug-likeness (QED) is 0.853. The van der Waals surface area contributed by atoms with Crippen molar-refractivity contribution in [3.63, 3.8) is 0 Å². The first kappa shape index (κ1) is 16.3. The van der Waals surface area contributed by atoms with Crippen molar-refractivity contribution >= 4 is 21.8 Å². The molecular weight excluding hydrogens is 332 g/mol. The average molecular weight is 355 g/mol. The van der Waals surface area contributed by atoms with Crippen molar-refractivity contribution in [1.82, 2.24) is 5.32 Å². The highest BCUT2D eigenvalue weighted by molar-refractivity contribution is 9.10. The normalized spacial score (nSPS) is 16.8. The van der Waals surface area contributed by atoms with Gasteiger partial charge in [0.2, 0.25) is 0 Å². The number of carbonyl (C=O) groups excluding carboxylic acids is 1. The van der Waals surface area contributed by atoms with Crippen LogP contribution in [-0.4, -0.2) is 18.1 Å². The standard InChI is InChI=1S/C16H23BrN2O2/c1-10-7-13(17)8-12(9-18)15(10)21-11(2)16(20)19-14-5-3-4-6-14/h7-8,11,14H,3-6,9,18H2,1-2H3,(H,19,20). The van der Waals surface area contributed by atoms with Crippen LogP contribution in [0, 0.1) is 6.92 Å². The van der Waals surface area contributed by atoms with Crippen molar-refractivity contribution in [3.8, 4) is 5.75 Å². The van der Waals surface area contributed by atoms with Gasteiger partial charge in [0.25, 0.3) is 5.91 Å². The molecule has 1 aliphatic rings. The minimum absolute atomic E-state index is 0.0489. The summed E-state index contributed by atoms with van der Waals surface area (Å²) in [6.45, 7) is 4.12. The fourth-order valence-electron chi connectivity index (χ4n) is 2.74. The molecule has 2 rings (SSSR count). The number of ether oxygens (including phenoxy) is 1. The summed E-state index contributed by atoms with van der Waals surface area (Å²) in [5, 5.41) is 3.06. The summed E-state index contributed by atoms with van der Waals surface area (Å²) in [4.78, 5) is 12.2. The molecule has 0 heterocycles. The molecule has 116 valence electrons. The van der Waals surface area contributed by atoms with Gasteiger partial charge in [-0.15, -0.1) is 0 Å². The second kappa shape index (κ2) is 7.27. The number of aryl methyl sites for hydroxylation is 1. The van der Waals surface area contributed by atoms with Crippen LogP contribution in [-0.2, 0) is 11.3 Å². The summed E-state index contributed by atoms with van der Waals surface area (Å²) in [5.41, 5.74) is 7.65. The van der Waals surface area contributed by atoms with Crippen LogP contribution in [0.25, 0.3) is 0 Å². The summed E-state index contributed by atoms with van der Waals surface area (Å²) in [5.74, 6) is 0.668. The second-order valence-electron chi connectivity index (χ2n) is 5.67. The fraction of sp³-hybridized carbons (Fsp3) is 0.562. The Morgan fingerprint density at radius 1 is 1.48 bits per heavy atom. The van der Waals surface area contributed by atoms with E-state index >= 15 is 0 Å². The van der Waals surface area contributed by atoms with Crippen LogP contribution in [0.5, 0.6) is 5.75 Å². The molecule has 1 aromatic carbocycles. The highest BCUT2D eigenvalue weighted by Gasteiger charge is 2.22. The number of amides is 1. The minimum Gasteiger partial charge on any atom is -0.480 e. The van der Waals surface area contributed by atoms with E-state index in [0.29, 0.717) is 12.6 Å². The second-order valence-corrected chi connectivity index (χ2v) is 6.58. The molecule has 4 nitrogen and oxygen atoms in total. The average Bonchev–Trinajstić information content (AvgIpc) is 2.94. The van der Waals surface area contributed by atoms with Crippen LogP contribution in [0.1, 0.15) is 43.7 Å². The number of nitrogens with one attached hydrogen (secondary N) is 1. The van der Waals surface area contributed by atoms with Crippen LogP contribution < -0.4 is 15.8 Å². The zero-order valence-electron chi connectivity index (χ0n) is 12.6. The zero-order valence-corrected chi connectivity index (χ0v) is 14.2. The van der Waals surface area contributed by atoms with E-state index in [2.05, 4.69) is 21.2 Å². The summed E-state index contributed by atoms with van der Waals surface area (Å²) < 4.78 is 6.85. The van der Waals surface area contributed by atoms with Gasteiger partial charge in [0, 0.05) is 22.6 Å². The third kappa shape index (κ3) is 4.20. The summed E-state index contributed by atoms with van der Waals surface area (Å²) in [7, 11) is 0. The molecule has 0 aromatic heterocycles. The molecule has 1 unspecified atom stereocenters. The summed E-state index contributed by atoms with van der Waals surface area (Å²) in [6, 6.07) is 4.21. The molecule has 5 heteroatoms. The lowest BCUT2D eigenvalue weighted by molar-refractivity contribution is -0.128. The highest BCUT2D eigenvalue weighted by atomic mass is 79.9. The third-order valence-electron chi connectivity index (χ3n) is 3.90. The number of halogens is 1. The van der Waals surface area contributed by atoms with E-state index in [1.54, 1.807) is 6.92 Å². The van der Waals surface area contributed by atoms with Crippen molar-refractivity contribution in [2.45, 2.75) is 58.2 Å². The predicted octanol–water partition coefficient (Wildman–Crippen LogP) is 3.04. The van der Waals surface area contributed by atoms with Gasteiger partial charge in [0.15, 0.2) is 6.10 Å². The maximum Gasteiger partial charge on any atom is 0.260 e. The topological polar surface area (TPSA) is 64.3 Å². The fourth-order valence-corrected chi connectivity index (χ4v) is 3.36. The van der Waals surface area contributed by atoms with Gasteiger partial charge < -0.3 is 15.8 Å². The third-order valence-corrected chi connectivity index (χ3v) is 4.36. The lowest BCUT2D eigenvalue weighted by atomic mass is 10.1. The van der Waals surface area contributed by atoms with Crippen molar-refractivity contribution in [2.75, 3.05) is 0 Å². The first-order valence-electron chi connectivity index (χ1n) is 7.47. The molecule has 0 saturated heterocycles. The van der Waals surface area contributed by atoms with E-state index in [9.17, 15) is 4.79 Å². The van der Waals surface area contributed by atoms with Gasteiger partial charge in [-0.2, -0.15) is 0 Å². The molecule has 1 aromatic rings. The Balaban J connectivity index is 2.04. The number of rotatable bonds is 5. The van der Waals surface area contributed by atoms with E-state index in [-0.39, 0.29) is 5.91 Å². The van der Waals surface area contributed by atoms with Crippen LogP contribution in [0.15, 0.2) is 16.6 Å². The van der Waals surface area contributed by atoms with Gasteiger partial charge in [-0.05, 0) is 44.4 Å². The molecule has 1 atom stereocenters. The van der Waals surface area contributed by atoms with E-state index < -0.39 is 6.10 Å². The molecule has 1 fully saturated rings. The molecule has 3 N–H and O–H groups in total. The van der Waals surface area contributed by atoms with Crippen LogP contribution >= 0.6 is 15.9 Å². The van der Waals surface area contributed by atoms with E-state index in [1.165, 1.54) is 12.8 Å². The molecule has 0 aliphatic heterocycles. The number of benzene rings is 1. The van der Waals surface area contributed by atoms with Gasteiger partial charge in [0.1, 0.15) is 5.75 Å². The zero-order chi connectivity index (χ0) is 15.4. The number of hydrogen-bond donors (Lipinski definition) is 2. The monoisotopic (exact) mass is 354 g/mol. The number of hydrogen-bond acceptors (Lipinski definition) is 3. The Morgan fingerprint density at radius 3 is 2.76 bits per heavy atom. The maximum absolute atomic E-state index is 12.2. The first-order valence-corrected chi connectivity index (χ1v) is 8.26. The molecule has 1 aliphatic carbocycles. The van der Waals surface area contributed by atoms with Crippen LogP contribution in [0.2, 0.25) is 0 Å². The lowest BCUT2D eigenvalue weighted by Crippen LogP contribution is -2.41. The maximum atomic E-state index is 12.2. The molecule has 0 bridgehead atoms. The summed E-state index contributed by atoms with van der Waals surface area (Å²) in [6.07, 6.45) is 4.02. The van der Waals surface area contributed by atoms with Crippen molar-refractivity contribution in [1.29, 1.82) is 0 Å². The molecule has 21 heavy (non-hydrogen) atoms. The largest absolute Gasteiger partial charge is 0.480 e. The molecule has 0 spiro atoms. The van der Waals surface area contributed by atoms with E-state index in [0.717, 1.165) is 34.2 Å². The SMILES string of the molecule is Cc1cc(Br)cc(CN)c1OC(C)C(=O)NC1CCCC1. The van der Waals surface area contributed by atoms with E-state index in [4.69, 9.17) is 10.5 Å². The van der Waals surface area contributed by atoms with Gasteiger partial charge in [-0.25, -0.2) is 0 Å². The lowest BCUT2D eigenvalue weighted by Gasteiger charge is -2.21. The number of nitrogens with two attached hydrogens (primary N) is 1.